The lowest BCUT2D eigenvalue weighted by Crippen LogP contribution is -2.11. The van der Waals surface area contributed by atoms with Crippen molar-refractivity contribution >= 4 is 32.5 Å². The predicted octanol–water partition coefficient (Wildman–Crippen LogP) is 3.45. The molecule has 5 heteroatoms. The Morgan fingerprint density at radius 1 is 1.10 bits per heavy atom. The van der Waals surface area contributed by atoms with Gasteiger partial charge in [-0.05, 0) is 36.4 Å². The van der Waals surface area contributed by atoms with Crippen molar-refractivity contribution in [2.45, 2.75) is 4.90 Å². The third kappa shape index (κ3) is 3.77. The normalized spacial score (nSPS) is 11.9. The van der Waals surface area contributed by atoms with E-state index in [0.29, 0.717) is 16.2 Å². The molecule has 2 aromatic rings. The minimum atomic E-state index is -1.35. The van der Waals surface area contributed by atoms with Gasteiger partial charge in [0.1, 0.15) is 5.75 Å². The third-order valence-corrected chi connectivity index (χ3v) is 4.60. The highest BCUT2D eigenvalue weighted by Gasteiger charge is 2.12. The zero-order valence-electron chi connectivity index (χ0n) is 10.8. The maximum absolute atomic E-state index is 12.1. The van der Waals surface area contributed by atoms with Gasteiger partial charge in [0, 0.05) is 14.9 Å². The summed E-state index contributed by atoms with van der Waals surface area (Å²) in [5, 5.41) is 0. The molecular formula is C15H13BrO3S. The molecule has 0 amide bonds. The summed E-state index contributed by atoms with van der Waals surface area (Å²) in [6.07, 6.45) is 0. The van der Waals surface area contributed by atoms with Crippen LogP contribution in [0, 0.1) is 0 Å². The van der Waals surface area contributed by atoms with Crippen LogP contribution in [0.25, 0.3) is 0 Å². The largest absolute Gasteiger partial charge is 0.497 e. The van der Waals surface area contributed by atoms with Crippen molar-refractivity contribution in [2.24, 2.45) is 0 Å². The number of methoxy groups -OCH3 is 1. The molecule has 20 heavy (non-hydrogen) atoms. The second-order valence-electron chi connectivity index (χ2n) is 4.10. The fraction of sp³-hybridized carbons (Fsp3) is 0.133. The fourth-order valence-electron chi connectivity index (χ4n) is 1.65. The number of benzene rings is 2. The maximum Gasteiger partial charge on any atom is 0.175 e. The van der Waals surface area contributed by atoms with Crippen LogP contribution in [0.4, 0.5) is 0 Å². The second-order valence-corrected chi connectivity index (χ2v) is 6.46. The average molecular weight is 353 g/mol. The second kappa shape index (κ2) is 6.81. The van der Waals surface area contributed by atoms with E-state index in [9.17, 15) is 9.00 Å². The monoisotopic (exact) mass is 352 g/mol. The molecule has 3 nitrogen and oxygen atoms in total. The number of rotatable bonds is 5. The molecule has 0 saturated carbocycles. The highest BCUT2D eigenvalue weighted by molar-refractivity contribution is 9.10. The van der Waals surface area contributed by atoms with Gasteiger partial charge in [0.15, 0.2) is 5.78 Å². The van der Waals surface area contributed by atoms with E-state index in [1.165, 1.54) is 0 Å². The Bertz CT molecular complexity index is 621. The van der Waals surface area contributed by atoms with Crippen molar-refractivity contribution in [3.63, 3.8) is 0 Å². The van der Waals surface area contributed by atoms with Crippen LogP contribution in [-0.2, 0) is 10.8 Å². The minimum absolute atomic E-state index is 0.0199. The number of Topliss-reactive ketones (excluding diaryl/α,β-unsaturated/α-hetero) is 1. The highest BCUT2D eigenvalue weighted by Crippen LogP contribution is 2.16. The van der Waals surface area contributed by atoms with Gasteiger partial charge < -0.3 is 4.74 Å². The summed E-state index contributed by atoms with van der Waals surface area (Å²) in [7, 11) is 0.226. The van der Waals surface area contributed by atoms with Crippen LogP contribution in [0.3, 0.4) is 0 Å². The molecule has 104 valence electrons. The predicted molar refractivity (Wildman–Crippen MR) is 82.7 cm³/mol. The topological polar surface area (TPSA) is 43.4 Å². The molecule has 0 aliphatic rings. The van der Waals surface area contributed by atoms with Crippen LogP contribution in [-0.4, -0.2) is 22.9 Å². The molecule has 0 N–H and O–H groups in total. The summed E-state index contributed by atoms with van der Waals surface area (Å²) in [4.78, 5) is 12.7. The van der Waals surface area contributed by atoms with E-state index in [-0.39, 0.29) is 11.5 Å². The highest BCUT2D eigenvalue weighted by atomic mass is 79.9. The Balaban J connectivity index is 2.06. The molecule has 0 heterocycles. The van der Waals surface area contributed by atoms with E-state index in [1.807, 2.05) is 0 Å². The number of ketones is 1. The van der Waals surface area contributed by atoms with Gasteiger partial charge in [-0.15, -0.1) is 0 Å². The molecule has 0 saturated heterocycles. The summed E-state index contributed by atoms with van der Waals surface area (Å²) in [5.74, 6) is 0.546. The molecule has 0 bridgehead atoms. The third-order valence-electron chi connectivity index (χ3n) is 2.75. The van der Waals surface area contributed by atoms with Crippen molar-refractivity contribution in [1.82, 2.24) is 0 Å². The first-order chi connectivity index (χ1) is 9.60. The number of carbonyl (C=O) groups is 1. The van der Waals surface area contributed by atoms with E-state index in [2.05, 4.69) is 15.9 Å². The molecule has 0 fully saturated rings. The summed E-state index contributed by atoms with van der Waals surface area (Å²) >= 11 is 3.31. The molecule has 2 rings (SSSR count). The molecule has 0 aromatic heterocycles. The fourth-order valence-corrected chi connectivity index (χ4v) is 2.92. The van der Waals surface area contributed by atoms with E-state index in [1.54, 1.807) is 55.6 Å². The van der Waals surface area contributed by atoms with Crippen LogP contribution in [0.15, 0.2) is 57.9 Å². The van der Waals surface area contributed by atoms with Crippen molar-refractivity contribution in [3.05, 3.63) is 58.6 Å². The van der Waals surface area contributed by atoms with Gasteiger partial charge in [-0.25, -0.2) is 0 Å². The van der Waals surface area contributed by atoms with Crippen molar-refractivity contribution in [2.75, 3.05) is 12.9 Å². The van der Waals surface area contributed by atoms with Crippen molar-refractivity contribution in [1.29, 1.82) is 0 Å². The van der Waals surface area contributed by atoms with Gasteiger partial charge >= 0.3 is 0 Å². The van der Waals surface area contributed by atoms with Gasteiger partial charge in [0.05, 0.1) is 23.7 Å². The first-order valence-electron chi connectivity index (χ1n) is 5.91. The lowest BCUT2D eigenvalue weighted by molar-refractivity contribution is 0.102. The zero-order valence-corrected chi connectivity index (χ0v) is 13.2. The van der Waals surface area contributed by atoms with E-state index in [0.717, 1.165) is 4.47 Å². The number of halogens is 1. The number of hydrogen-bond donors (Lipinski definition) is 0. The van der Waals surface area contributed by atoms with E-state index >= 15 is 0 Å². The van der Waals surface area contributed by atoms with Gasteiger partial charge in [-0.1, -0.05) is 28.1 Å². The Labute approximate surface area is 128 Å². The summed E-state index contributed by atoms with van der Waals surface area (Å²) in [6, 6.07) is 13.9. The maximum atomic E-state index is 12.1. The minimum Gasteiger partial charge on any atom is -0.497 e. The zero-order chi connectivity index (χ0) is 14.5. The number of ether oxygens (including phenoxy) is 1. The summed E-state index contributed by atoms with van der Waals surface area (Å²) in [6.45, 7) is 0. The summed E-state index contributed by atoms with van der Waals surface area (Å²) < 4.78 is 18.1. The van der Waals surface area contributed by atoms with Crippen molar-refractivity contribution < 1.29 is 13.7 Å². The van der Waals surface area contributed by atoms with E-state index < -0.39 is 10.8 Å². The average Bonchev–Trinajstić information content (AvgIpc) is 2.48. The van der Waals surface area contributed by atoms with Crippen molar-refractivity contribution in [3.8, 4) is 5.75 Å². The first kappa shape index (κ1) is 14.9. The quantitative estimate of drug-likeness (QED) is 0.774. The molecule has 0 radical (unpaired) electrons. The Hall–Kier alpha value is -1.46. The van der Waals surface area contributed by atoms with Gasteiger partial charge in [0.2, 0.25) is 0 Å². The lowest BCUT2D eigenvalue weighted by Gasteiger charge is -2.04. The van der Waals surface area contributed by atoms with Gasteiger partial charge in [-0.2, -0.15) is 0 Å². The number of carbonyl (C=O) groups excluding carboxylic acids is 1. The van der Waals surface area contributed by atoms with Crippen LogP contribution < -0.4 is 4.74 Å². The number of hydrogen-bond acceptors (Lipinski definition) is 3. The first-order valence-corrected chi connectivity index (χ1v) is 8.02. The molecule has 0 spiro atoms. The smallest absolute Gasteiger partial charge is 0.175 e. The summed E-state index contributed by atoms with van der Waals surface area (Å²) in [5.41, 5.74) is 0.565. The molecular weight excluding hydrogens is 340 g/mol. The molecule has 0 aliphatic heterocycles. The van der Waals surface area contributed by atoms with E-state index in [4.69, 9.17) is 4.74 Å². The standard InChI is InChI=1S/C15H13BrO3S/c1-19-13-6-8-14(9-7-13)20(18)10-15(17)11-2-4-12(16)5-3-11/h2-9H,10H2,1H3. The molecule has 1 unspecified atom stereocenters. The Kier molecular flexibility index (Phi) is 5.09. The lowest BCUT2D eigenvalue weighted by atomic mass is 10.2. The SMILES string of the molecule is COc1ccc(S(=O)CC(=O)c2ccc(Br)cc2)cc1. The Morgan fingerprint density at radius 2 is 1.70 bits per heavy atom. The Morgan fingerprint density at radius 3 is 2.25 bits per heavy atom. The van der Waals surface area contributed by atoms with Crippen LogP contribution in [0.2, 0.25) is 0 Å². The van der Waals surface area contributed by atoms with Crippen LogP contribution >= 0.6 is 15.9 Å². The van der Waals surface area contributed by atoms with Gasteiger partial charge in [0.25, 0.3) is 0 Å². The van der Waals surface area contributed by atoms with Gasteiger partial charge in [-0.3, -0.25) is 9.00 Å². The molecule has 0 aliphatic carbocycles. The van der Waals surface area contributed by atoms with Crippen LogP contribution in [0.5, 0.6) is 5.75 Å². The molecule has 2 aromatic carbocycles. The molecule has 1 atom stereocenters. The van der Waals surface area contributed by atoms with Crippen LogP contribution in [0.1, 0.15) is 10.4 Å².